The van der Waals surface area contributed by atoms with Crippen LogP contribution in [0.25, 0.3) is 0 Å². The van der Waals surface area contributed by atoms with E-state index in [1.165, 1.54) is 38.3 Å². The molecule has 0 saturated carbocycles. The molecule has 0 bridgehead atoms. The van der Waals surface area contributed by atoms with E-state index in [1.807, 2.05) is 0 Å². The molecule has 2 aromatic rings. The molecule has 0 aromatic heterocycles. The first-order valence-electron chi connectivity index (χ1n) is 9.75. The minimum Gasteiger partial charge on any atom is -0.383 e. The second kappa shape index (κ2) is 10.6. The predicted molar refractivity (Wildman–Crippen MR) is 110 cm³/mol. The van der Waals surface area contributed by atoms with Crippen molar-refractivity contribution in [2.24, 2.45) is 0 Å². The van der Waals surface area contributed by atoms with Crippen molar-refractivity contribution in [2.75, 3.05) is 26.0 Å². The lowest BCUT2D eigenvalue weighted by molar-refractivity contribution is -0.143. The lowest BCUT2D eigenvalue weighted by Crippen LogP contribution is -2.34. The maximum absolute atomic E-state index is 13.2. The van der Waals surface area contributed by atoms with Gasteiger partial charge in [-0.25, -0.2) is 0 Å². The zero-order valence-corrected chi connectivity index (χ0v) is 18.9. The standard InChI is InChI=1S/C21H21F6NO5S/c1-3-34(30,31)33-18-6-4-5-14(9-18)13-28(7-8-32-2)19(29)15-10-16(20(22,23)24)12-17(11-15)21(25,26)27/h4-6,9-12H,3,7-8,13H2,1-2H3. The first-order valence-corrected chi connectivity index (χ1v) is 11.3. The van der Waals surface area contributed by atoms with Gasteiger partial charge < -0.3 is 13.8 Å². The van der Waals surface area contributed by atoms with Gasteiger partial charge in [0.05, 0.1) is 23.5 Å². The highest BCUT2D eigenvalue weighted by Gasteiger charge is 2.38. The van der Waals surface area contributed by atoms with E-state index in [0.717, 1.165) is 4.90 Å². The number of methoxy groups -OCH3 is 1. The Morgan fingerprint density at radius 1 is 0.971 bits per heavy atom. The van der Waals surface area contributed by atoms with E-state index >= 15 is 0 Å². The summed E-state index contributed by atoms with van der Waals surface area (Å²) < 4.78 is 112. The van der Waals surface area contributed by atoms with Crippen LogP contribution in [-0.4, -0.2) is 45.2 Å². The summed E-state index contributed by atoms with van der Waals surface area (Å²) in [5.74, 6) is -1.45. The molecular weight excluding hydrogens is 492 g/mol. The van der Waals surface area contributed by atoms with Crippen LogP contribution in [0.4, 0.5) is 26.3 Å². The van der Waals surface area contributed by atoms with Crippen LogP contribution < -0.4 is 4.18 Å². The van der Waals surface area contributed by atoms with Gasteiger partial charge in [0.15, 0.2) is 0 Å². The average Bonchev–Trinajstić information content (AvgIpc) is 2.74. The number of rotatable bonds is 9. The van der Waals surface area contributed by atoms with Gasteiger partial charge in [-0.15, -0.1) is 0 Å². The van der Waals surface area contributed by atoms with Gasteiger partial charge in [-0.3, -0.25) is 4.79 Å². The third-order valence-corrected chi connectivity index (χ3v) is 5.69. The van der Waals surface area contributed by atoms with Gasteiger partial charge in [0.2, 0.25) is 0 Å². The van der Waals surface area contributed by atoms with Crippen LogP contribution >= 0.6 is 0 Å². The highest BCUT2D eigenvalue weighted by molar-refractivity contribution is 7.87. The van der Waals surface area contributed by atoms with Gasteiger partial charge in [0.25, 0.3) is 5.91 Å². The summed E-state index contributed by atoms with van der Waals surface area (Å²) in [7, 11) is -2.54. The summed E-state index contributed by atoms with van der Waals surface area (Å²) in [6, 6.07) is 6.21. The maximum atomic E-state index is 13.2. The molecule has 1 amide bonds. The summed E-state index contributed by atoms with van der Waals surface area (Å²) in [5.41, 5.74) is -3.70. The molecule has 188 valence electrons. The molecule has 2 aromatic carbocycles. The smallest absolute Gasteiger partial charge is 0.383 e. The highest BCUT2D eigenvalue weighted by atomic mass is 32.2. The lowest BCUT2D eigenvalue weighted by Gasteiger charge is -2.24. The van der Waals surface area contributed by atoms with Crippen molar-refractivity contribution in [3.63, 3.8) is 0 Å². The zero-order chi connectivity index (χ0) is 25.7. The van der Waals surface area contributed by atoms with Crippen molar-refractivity contribution in [3.8, 4) is 5.75 Å². The Balaban J connectivity index is 2.44. The van der Waals surface area contributed by atoms with Gasteiger partial charge >= 0.3 is 22.5 Å². The molecule has 0 aliphatic rings. The first-order chi connectivity index (χ1) is 15.7. The summed E-state index contributed by atoms with van der Waals surface area (Å²) >= 11 is 0. The Kier molecular flexibility index (Phi) is 8.59. The van der Waals surface area contributed by atoms with E-state index in [1.54, 1.807) is 0 Å². The molecule has 0 saturated heterocycles. The molecule has 34 heavy (non-hydrogen) atoms. The van der Waals surface area contributed by atoms with E-state index in [2.05, 4.69) is 0 Å². The number of benzene rings is 2. The number of carbonyl (C=O) groups excluding carboxylic acids is 1. The molecule has 0 N–H and O–H groups in total. The predicted octanol–water partition coefficient (Wildman–Crippen LogP) is 4.74. The van der Waals surface area contributed by atoms with Crippen LogP contribution in [-0.2, 0) is 33.8 Å². The third kappa shape index (κ3) is 7.62. The number of amides is 1. The average molecular weight is 513 g/mol. The first kappa shape index (κ1) is 27.4. The Bertz CT molecular complexity index is 1080. The fourth-order valence-corrected chi connectivity index (χ4v) is 3.35. The number of ether oxygens (including phenoxy) is 1. The van der Waals surface area contributed by atoms with Crippen molar-refractivity contribution in [2.45, 2.75) is 25.8 Å². The van der Waals surface area contributed by atoms with Crippen LogP contribution in [0.15, 0.2) is 42.5 Å². The number of hydrogen-bond donors (Lipinski definition) is 0. The van der Waals surface area contributed by atoms with Crippen molar-refractivity contribution in [3.05, 3.63) is 64.7 Å². The molecule has 0 aliphatic heterocycles. The van der Waals surface area contributed by atoms with Gasteiger partial charge in [-0.1, -0.05) is 12.1 Å². The molecule has 0 heterocycles. The van der Waals surface area contributed by atoms with Crippen LogP contribution in [0, 0.1) is 0 Å². The Hall–Kier alpha value is -2.80. The van der Waals surface area contributed by atoms with E-state index in [4.69, 9.17) is 8.92 Å². The van der Waals surface area contributed by atoms with Gasteiger partial charge in [0, 0.05) is 25.8 Å². The molecule has 2 rings (SSSR count). The molecule has 0 spiro atoms. The monoisotopic (exact) mass is 513 g/mol. The van der Waals surface area contributed by atoms with Crippen LogP contribution in [0.2, 0.25) is 0 Å². The second-order valence-corrected chi connectivity index (χ2v) is 8.95. The summed E-state index contributed by atoms with van der Waals surface area (Å²) in [6.07, 6.45) is -10.2. The highest BCUT2D eigenvalue weighted by Crippen LogP contribution is 2.36. The van der Waals surface area contributed by atoms with Gasteiger partial charge in [0.1, 0.15) is 5.75 Å². The zero-order valence-electron chi connectivity index (χ0n) is 18.0. The van der Waals surface area contributed by atoms with Crippen LogP contribution in [0.5, 0.6) is 5.75 Å². The molecular formula is C21H21F6NO5S. The number of hydrogen-bond acceptors (Lipinski definition) is 5. The Morgan fingerprint density at radius 3 is 2.06 bits per heavy atom. The maximum Gasteiger partial charge on any atom is 0.416 e. The van der Waals surface area contributed by atoms with Crippen LogP contribution in [0.1, 0.15) is 34.0 Å². The molecule has 0 atom stereocenters. The number of nitrogens with zero attached hydrogens (tertiary/aromatic N) is 1. The summed E-state index contributed by atoms with van der Waals surface area (Å²) in [5, 5.41) is 0. The van der Waals surface area contributed by atoms with Crippen molar-refractivity contribution < 1.29 is 48.5 Å². The molecule has 13 heteroatoms. The van der Waals surface area contributed by atoms with Gasteiger partial charge in [-0.05, 0) is 42.8 Å². The number of carbonyl (C=O) groups is 1. The summed E-state index contributed by atoms with van der Waals surface area (Å²) in [6.45, 7) is 0.889. The van der Waals surface area contributed by atoms with Crippen molar-refractivity contribution in [1.29, 1.82) is 0 Å². The molecule has 6 nitrogen and oxygen atoms in total. The van der Waals surface area contributed by atoms with E-state index in [0.29, 0.717) is 17.7 Å². The van der Waals surface area contributed by atoms with E-state index in [-0.39, 0.29) is 37.3 Å². The third-order valence-electron chi connectivity index (χ3n) is 4.54. The van der Waals surface area contributed by atoms with E-state index < -0.39 is 45.1 Å². The second-order valence-electron chi connectivity index (χ2n) is 7.09. The molecule has 0 radical (unpaired) electrons. The largest absolute Gasteiger partial charge is 0.416 e. The Morgan fingerprint density at radius 2 is 1.56 bits per heavy atom. The van der Waals surface area contributed by atoms with Crippen LogP contribution in [0.3, 0.4) is 0 Å². The SMILES string of the molecule is CCS(=O)(=O)Oc1cccc(CN(CCOC)C(=O)c2cc(C(F)(F)F)cc(C(F)(F)F)c2)c1. The number of alkyl halides is 6. The number of halogens is 6. The normalized spacial score (nSPS) is 12.5. The topological polar surface area (TPSA) is 72.9 Å². The molecule has 0 unspecified atom stereocenters. The molecule has 0 fully saturated rings. The fourth-order valence-electron chi connectivity index (χ4n) is 2.84. The molecule has 0 aliphatic carbocycles. The van der Waals surface area contributed by atoms with Crippen molar-refractivity contribution >= 4 is 16.0 Å². The minimum atomic E-state index is -5.11. The minimum absolute atomic E-state index is 0.0583. The van der Waals surface area contributed by atoms with Gasteiger partial charge in [-0.2, -0.15) is 34.8 Å². The lowest BCUT2D eigenvalue weighted by atomic mass is 10.0. The fraction of sp³-hybridized carbons (Fsp3) is 0.381. The quantitative estimate of drug-likeness (QED) is 0.358. The van der Waals surface area contributed by atoms with E-state index in [9.17, 15) is 39.6 Å². The summed E-state index contributed by atoms with van der Waals surface area (Å²) in [4.78, 5) is 14.0. The van der Waals surface area contributed by atoms with Crippen molar-refractivity contribution in [1.82, 2.24) is 4.90 Å². The Labute approximate surface area is 192 Å².